The number of alkyl halides is 2. The monoisotopic (exact) mass is 602 g/mol. The summed E-state index contributed by atoms with van der Waals surface area (Å²) in [4.78, 5) is 31.7. The van der Waals surface area contributed by atoms with Crippen molar-refractivity contribution in [1.82, 2.24) is 0 Å². The highest BCUT2D eigenvalue weighted by atomic mass is 35.5. The number of amides is 2. The fraction of sp³-hybridized carbons (Fsp3) is 0.188. The third-order valence-corrected chi connectivity index (χ3v) is 9.99. The van der Waals surface area contributed by atoms with Gasteiger partial charge in [0.05, 0.1) is 21.1 Å². The Balaban J connectivity index is 1.23. The number of benzene rings is 4. The molecule has 0 spiro atoms. The molecule has 2 aliphatic heterocycles. The highest BCUT2D eigenvalue weighted by Gasteiger charge is 2.37. The van der Waals surface area contributed by atoms with Crippen LogP contribution in [0.3, 0.4) is 0 Å². The first-order valence-corrected chi connectivity index (χ1v) is 15.1. The van der Waals surface area contributed by atoms with E-state index < -0.39 is 0 Å². The van der Waals surface area contributed by atoms with Crippen molar-refractivity contribution in [3.8, 4) is 11.5 Å². The van der Waals surface area contributed by atoms with E-state index in [1.165, 1.54) is 0 Å². The fourth-order valence-corrected chi connectivity index (χ4v) is 7.73. The van der Waals surface area contributed by atoms with Gasteiger partial charge in [-0.15, -0.1) is 34.5 Å². The second-order valence-electron chi connectivity index (χ2n) is 10.4. The number of phenols is 2. The molecule has 4 aromatic carbocycles. The third-order valence-electron chi connectivity index (χ3n) is 8.18. The molecule has 0 radical (unpaired) electrons. The van der Waals surface area contributed by atoms with Crippen molar-refractivity contribution in [3.05, 3.63) is 93.7 Å². The highest BCUT2D eigenvalue weighted by molar-refractivity contribution is 7.16. The van der Waals surface area contributed by atoms with Crippen LogP contribution in [-0.4, -0.2) is 46.9 Å². The number of hydrogen-bond donors (Lipinski definition) is 2. The molecule has 41 heavy (non-hydrogen) atoms. The Morgan fingerprint density at radius 2 is 1.07 bits per heavy atom. The van der Waals surface area contributed by atoms with E-state index in [0.29, 0.717) is 46.0 Å². The van der Waals surface area contributed by atoms with Gasteiger partial charge in [0.25, 0.3) is 11.8 Å². The number of aromatic hydroxyl groups is 2. The smallest absolute Gasteiger partial charge is 0.268 e. The summed E-state index contributed by atoms with van der Waals surface area (Å²) in [6.45, 7) is 0.769. The highest BCUT2D eigenvalue weighted by Crippen LogP contribution is 2.47. The molecule has 2 amide bonds. The van der Waals surface area contributed by atoms with E-state index in [1.807, 2.05) is 48.5 Å². The molecule has 206 valence electrons. The number of carbonyl (C=O) groups excluding carboxylic acids is 2. The van der Waals surface area contributed by atoms with Gasteiger partial charge in [0.15, 0.2) is 0 Å². The number of nitrogens with zero attached hydrogens (tertiary/aromatic N) is 2. The summed E-state index contributed by atoms with van der Waals surface area (Å²) in [7, 11) is 0. The molecular formula is C32H24Cl2N2O4S. The standard InChI is InChI=1S/C32H24Cl2N2O4S/c33-13-17-15-35(23-11-25(37)19-5-1-3-7-21(19)29(17)23)31(39)27-9-10-28(41-27)32(40)36-16-18(14-34)30-22-8-4-2-6-20(22)26(38)12-24(30)36/h1-12,17-18,37-38H,13-16H2. The van der Waals surface area contributed by atoms with Gasteiger partial charge in [0, 0.05) is 59.6 Å². The first-order valence-electron chi connectivity index (χ1n) is 13.3. The van der Waals surface area contributed by atoms with Gasteiger partial charge in [0.2, 0.25) is 0 Å². The maximum atomic E-state index is 13.8. The Kier molecular flexibility index (Phi) is 6.34. The van der Waals surface area contributed by atoms with Crippen LogP contribution in [0.15, 0.2) is 72.8 Å². The van der Waals surface area contributed by atoms with Crippen molar-refractivity contribution in [3.63, 3.8) is 0 Å². The molecule has 2 unspecified atom stereocenters. The summed E-state index contributed by atoms with van der Waals surface area (Å²) in [5.41, 5.74) is 3.17. The van der Waals surface area contributed by atoms with Crippen molar-refractivity contribution in [1.29, 1.82) is 0 Å². The number of hydrogen-bond acceptors (Lipinski definition) is 5. The number of carbonyl (C=O) groups is 2. The summed E-state index contributed by atoms with van der Waals surface area (Å²) in [5, 5.41) is 24.6. The fourth-order valence-electron chi connectivity index (χ4n) is 6.32. The lowest BCUT2D eigenvalue weighted by atomic mass is 9.95. The summed E-state index contributed by atoms with van der Waals surface area (Å²) in [6, 6.07) is 21.7. The zero-order chi connectivity index (χ0) is 28.4. The summed E-state index contributed by atoms with van der Waals surface area (Å²) >= 11 is 13.8. The Bertz CT molecular complexity index is 1750. The average Bonchev–Trinajstić information content (AvgIpc) is 3.73. The van der Waals surface area contributed by atoms with Gasteiger partial charge < -0.3 is 20.0 Å². The minimum Gasteiger partial charge on any atom is -0.507 e. The van der Waals surface area contributed by atoms with Crippen molar-refractivity contribution >= 4 is 79.3 Å². The molecule has 2 N–H and O–H groups in total. The lowest BCUT2D eigenvalue weighted by Gasteiger charge is -2.18. The van der Waals surface area contributed by atoms with Gasteiger partial charge in [-0.05, 0) is 34.0 Å². The number of halogens is 2. The quantitative estimate of drug-likeness (QED) is 0.210. The molecule has 0 saturated heterocycles. The number of anilines is 2. The molecule has 1 aromatic heterocycles. The van der Waals surface area contributed by atoms with E-state index >= 15 is 0 Å². The molecule has 0 fully saturated rings. The topological polar surface area (TPSA) is 81.1 Å². The molecule has 9 heteroatoms. The lowest BCUT2D eigenvalue weighted by Crippen LogP contribution is -2.30. The van der Waals surface area contributed by atoms with E-state index in [9.17, 15) is 19.8 Å². The SMILES string of the molecule is O=C(c1ccc(C(=O)N2CC(CCl)c3c2cc(O)c2ccccc32)s1)N1CC(CCl)c2c1cc(O)c1ccccc21. The van der Waals surface area contributed by atoms with E-state index in [0.717, 1.165) is 44.0 Å². The number of thiophene rings is 1. The predicted octanol–water partition coefficient (Wildman–Crippen LogP) is 7.43. The van der Waals surface area contributed by atoms with Gasteiger partial charge in [0.1, 0.15) is 11.5 Å². The molecule has 6 nitrogen and oxygen atoms in total. The zero-order valence-corrected chi connectivity index (χ0v) is 24.0. The van der Waals surface area contributed by atoms with Crippen LogP contribution in [0.25, 0.3) is 21.5 Å². The number of fused-ring (bicyclic) bond motifs is 6. The van der Waals surface area contributed by atoms with Crippen LogP contribution in [0.5, 0.6) is 11.5 Å². The Morgan fingerprint density at radius 1 is 0.683 bits per heavy atom. The second kappa shape index (κ2) is 9.94. The van der Waals surface area contributed by atoms with E-state index in [1.54, 1.807) is 34.1 Å². The van der Waals surface area contributed by atoms with Gasteiger partial charge >= 0.3 is 0 Å². The van der Waals surface area contributed by atoms with Crippen LogP contribution in [0.1, 0.15) is 42.3 Å². The number of phenolic OH excluding ortho intramolecular Hbond substituents is 2. The predicted molar refractivity (Wildman–Crippen MR) is 166 cm³/mol. The van der Waals surface area contributed by atoms with E-state index in [2.05, 4.69) is 0 Å². The van der Waals surface area contributed by atoms with Gasteiger partial charge in [-0.3, -0.25) is 9.59 Å². The first kappa shape index (κ1) is 26.1. The van der Waals surface area contributed by atoms with Crippen LogP contribution in [0, 0.1) is 0 Å². The summed E-state index contributed by atoms with van der Waals surface area (Å²) < 4.78 is 0. The van der Waals surface area contributed by atoms with Crippen molar-refractivity contribution in [2.24, 2.45) is 0 Å². The maximum Gasteiger partial charge on any atom is 0.268 e. The minimum atomic E-state index is -0.248. The van der Waals surface area contributed by atoms with Crippen molar-refractivity contribution in [2.45, 2.75) is 11.8 Å². The van der Waals surface area contributed by atoms with Crippen LogP contribution >= 0.6 is 34.5 Å². The lowest BCUT2D eigenvalue weighted by molar-refractivity contribution is 0.0986. The summed E-state index contributed by atoms with van der Waals surface area (Å²) in [6.07, 6.45) is 0. The maximum absolute atomic E-state index is 13.8. The third kappa shape index (κ3) is 3.98. The Morgan fingerprint density at radius 3 is 1.46 bits per heavy atom. The Hall–Kier alpha value is -3.78. The molecule has 2 aliphatic rings. The molecule has 3 heterocycles. The van der Waals surface area contributed by atoms with Crippen molar-refractivity contribution in [2.75, 3.05) is 34.6 Å². The van der Waals surface area contributed by atoms with E-state index in [-0.39, 0.29) is 35.1 Å². The molecule has 0 bridgehead atoms. The van der Waals surface area contributed by atoms with Gasteiger partial charge in [-0.25, -0.2) is 0 Å². The van der Waals surface area contributed by atoms with Crippen LogP contribution in [0.2, 0.25) is 0 Å². The normalized spacial score (nSPS) is 17.8. The minimum absolute atomic E-state index is 0.0849. The Labute approximate surface area is 249 Å². The number of rotatable bonds is 4. The molecule has 0 saturated carbocycles. The summed E-state index contributed by atoms with van der Waals surface area (Å²) in [5.74, 6) is 0.202. The van der Waals surface area contributed by atoms with Crippen LogP contribution in [-0.2, 0) is 0 Å². The second-order valence-corrected chi connectivity index (χ2v) is 12.1. The molecular weight excluding hydrogens is 579 g/mol. The van der Waals surface area contributed by atoms with Gasteiger partial charge in [-0.2, -0.15) is 0 Å². The van der Waals surface area contributed by atoms with Crippen LogP contribution in [0.4, 0.5) is 11.4 Å². The molecule has 5 aromatic rings. The average molecular weight is 604 g/mol. The zero-order valence-electron chi connectivity index (χ0n) is 21.7. The molecule has 2 atom stereocenters. The molecule has 7 rings (SSSR count). The van der Waals surface area contributed by atoms with Crippen LogP contribution < -0.4 is 9.80 Å². The van der Waals surface area contributed by atoms with Gasteiger partial charge in [-0.1, -0.05) is 48.5 Å². The van der Waals surface area contributed by atoms with E-state index in [4.69, 9.17) is 23.2 Å². The molecule has 0 aliphatic carbocycles. The first-order chi connectivity index (χ1) is 19.9. The van der Waals surface area contributed by atoms with Crippen molar-refractivity contribution < 1.29 is 19.8 Å². The largest absolute Gasteiger partial charge is 0.507 e.